The molecule has 0 aliphatic carbocycles. The number of ether oxygens (including phenoxy) is 1. The van der Waals surface area contributed by atoms with E-state index in [1.165, 1.54) is 0 Å². The van der Waals surface area contributed by atoms with Crippen LogP contribution in [0.1, 0.15) is 6.92 Å². The number of nitrogens with zero attached hydrogens (tertiary/aromatic N) is 1. The number of methoxy groups -OCH3 is 1. The molecule has 0 bridgehead atoms. The Kier molecular flexibility index (Phi) is 1.72. The number of hydrogen-bond acceptors (Lipinski definition) is 3. The van der Waals surface area contributed by atoms with Gasteiger partial charge in [0.15, 0.2) is 0 Å². The van der Waals surface area contributed by atoms with E-state index in [1.54, 1.807) is 13.3 Å². The highest BCUT2D eigenvalue weighted by Gasteiger charge is 2.03. The second kappa shape index (κ2) is 2.53. The maximum Gasteiger partial charge on any atom is 0.289 e. The maximum absolute atomic E-state index is 4.85. The lowest BCUT2D eigenvalue weighted by Crippen LogP contribution is -2.33. The van der Waals surface area contributed by atoms with Crippen LogP contribution in [-0.4, -0.2) is 19.2 Å². The summed E-state index contributed by atoms with van der Waals surface area (Å²) in [6, 6.07) is 0.919. The molecule has 0 fully saturated rings. The monoisotopic (exact) mass is 126 g/mol. The van der Waals surface area contributed by atoms with Crippen LogP contribution in [0.15, 0.2) is 17.3 Å². The Bertz CT molecular complexity index is 151. The van der Waals surface area contributed by atoms with Crippen LogP contribution < -0.4 is 5.32 Å². The van der Waals surface area contributed by atoms with Gasteiger partial charge in [0.2, 0.25) is 0 Å². The summed E-state index contributed by atoms with van der Waals surface area (Å²) < 4.78 is 4.85. The van der Waals surface area contributed by atoms with Crippen molar-refractivity contribution in [2.45, 2.75) is 13.0 Å². The third-order valence-corrected chi connectivity index (χ3v) is 1.11. The first kappa shape index (κ1) is 6.13. The molecule has 0 aromatic heterocycles. The molecule has 1 aliphatic heterocycles. The zero-order valence-corrected chi connectivity index (χ0v) is 5.59. The van der Waals surface area contributed by atoms with Crippen molar-refractivity contribution in [2.24, 2.45) is 4.99 Å². The van der Waals surface area contributed by atoms with Gasteiger partial charge in [-0.25, -0.2) is 4.99 Å². The van der Waals surface area contributed by atoms with Crippen molar-refractivity contribution in [3.63, 3.8) is 0 Å². The van der Waals surface area contributed by atoms with Crippen LogP contribution in [0.25, 0.3) is 0 Å². The van der Waals surface area contributed by atoms with Gasteiger partial charge < -0.3 is 10.1 Å². The normalized spacial score (nSPS) is 24.7. The Hall–Kier alpha value is -0.990. The van der Waals surface area contributed by atoms with Crippen molar-refractivity contribution < 1.29 is 4.74 Å². The van der Waals surface area contributed by atoms with Crippen molar-refractivity contribution in [2.75, 3.05) is 7.11 Å². The smallest absolute Gasteiger partial charge is 0.289 e. The fourth-order valence-corrected chi connectivity index (χ4v) is 0.632. The Morgan fingerprint density at radius 3 is 3.00 bits per heavy atom. The van der Waals surface area contributed by atoms with E-state index in [9.17, 15) is 0 Å². The van der Waals surface area contributed by atoms with Gasteiger partial charge in [-0.2, -0.15) is 0 Å². The van der Waals surface area contributed by atoms with Crippen molar-refractivity contribution >= 4 is 6.02 Å². The first-order chi connectivity index (χ1) is 4.33. The number of rotatable bonds is 0. The summed E-state index contributed by atoms with van der Waals surface area (Å²) in [5.74, 6) is 0. The minimum atomic E-state index is 0.331. The van der Waals surface area contributed by atoms with Crippen LogP contribution >= 0.6 is 0 Å². The standard InChI is InChI=1S/C6H10N2O/c1-5-3-4-7-6(8-5)9-2/h3-5H,1-2H3,(H,7,8). The van der Waals surface area contributed by atoms with Crippen LogP contribution in [0.3, 0.4) is 0 Å². The number of amidine groups is 1. The Morgan fingerprint density at radius 2 is 2.56 bits per heavy atom. The van der Waals surface area contributed by atoms with Gasteiger partial charge in [0.25, 0.3) is 6.02 Å². The summed E-state index contributed by atoms with van der Waals surface area (Å²) in [4.78, 5) is 3.90. The molecule has 1 N–H and O–H groups in total. The SMILES string of the molecule is COC1=NC=CC(C)N1. The van der Waals surface area contributed by atoms with Gasteiger partial charge in [-0.1, -0.05) is 0 Å². The molecule has 50 valence electrons. The van der Waals surface area contributed by atoms with E-state index >= 15 is 0 Å². The molecule has 1 heterocycles. The molecule has 1 atom stereocenters. The topological polar surface area (TPSA) is 33.6 Å². The summed E-state index contributed by atoms with van der Waals surface area (Å²) in [5.41, 5.74) is 0. The number of hydrogen-bond donors (Lipinski definition) is 1. The van der Waals surface area contributed by atoms with Gasteiger partial charge in [-0.05, 0) is 13.0 Å². The lowest BCUT2D eigenvalue weighted by Gasteiger charge is -2.14. The Labute approximate surface area is 54.4 Å². The summed E-state index contributed by atoms with van der Waals surface area (Å²) in [7, 11) is 1.59. The highest BCUT2D eigenvalue weighted by molar-refractivity contribution is 5.75. The average molecular weight is 126 g/mol. The highest BCUT2D eigenvalue weighted by Crippen LogP contribution is 1.93. The lowest BCUT2D eigenvalue weighted by molar-refractivity contribution is 0.374. The van der Waals surface area contributed by atoms with Crippen LogP contribution in [0.4, 0.5) is 0 Å². The second-order valence-electron chi connectivity index (χ2n) is 1.91. The lowest BCUT2D eigenvalue weighted by atomic mass is 10.3. The van der Waals surface area contributed by atoms with E-state index < -0.39 is 0 Å². The molecule has 0 aromatic carbocycles. The van der Waals surface area contributed by atoms with Crippen LogP contribution in [-0.2, 0) is 4.74 Å². The minimum Gasteiger partial charge on any atom is -0.468 e. The van der Waals surface area contributed by atoms with Crippen molar-refractivity contribution in [3.05, 3.63) is 12.3 Å². The van der Waals surface area contributed by atoms with E-state index in [4.69, 9.17) is 4.74 Å². The zero-order chi connectivity index (χ0) is 6.69. The predicted molar refractivity (Wildman–Crippen MR) is 36.2 cm³/mol. The van der Waals surface area contributed by atoms with E-state index in [2.05, 4.69) is 10.3 Å². The average Bonchev–Trinajstić information content (AvgIpc) is 1.88. The first-order valence-electron chi connectivity index (χ1n) is 2.88. The van der Waals surface area contributed by atoms with Crippen molar-refractivity contribution in [1.82, 2.24) is 5.32 Å². The molecular weight excluding hydrogens is 116 g/mol. The van der Waals surface area contributed by atoms with Gasteiger partial charge >= 0.3 is 0 Å². The van der Waals surface area contributed by atoms with Crippen LogP contribution in [0, 0.1) is 0 Å². The van der Waals surface area contributed by atoms with E-state index in [-0.39, 0.29) is 0 Å². The molecule has 3 nitrogen and oxygen atoms in total. The van der Waals surface area contributed by atoms with E-state index in [0.29, 0.717) is 12.1 Å². The highest BCUT2D eigenvalue weighted by atomic mass is 16.5. The molecule has 0 aromatic rings. The van der Waals surface area contributed by atoms with E-state index in [0.717, 1.165) is 0 Å². The van der Waals surface area contributed by atoms with E-state index in [1.807, 2.05) is 13.0 Å². The minimum absolute atomic E-state index is 0.331. The number of nitrogens with one attached hydrogen (secondary N) is 1. The molecule has 1 unspecified atom stereocenters. The molecular formula is C6H10N2O. The van der Waals surface area contributed by atoms with Crippen molar-refractivity contribution in [1.29, 1.82) is 0 Å². The molecule has 1 rings (SSSR count). The Balaban J connectivity index is 2.55. The fraction of sp³-hybridized carbons (Fsp3) is 0.500. The maximum atomic E-state index is 4.85. The van der Waals surface area contributed by atoms with Gasteiger partial charge in [0.05, 0.1) is 7.11 Å². The zero-order valence-electron chi connectivity index (χ0n) is 5.59. The molecule has 0 amide bonds. The first-order valence-corrected chi connectivity index (χ1v) is 2.88. The second-order valence-corrected chi connectivity index (χ2v) is 1.91. The van der Waals surface area contributed by atoms with Crippen LogP contribution in [0.2, 0.25) is 0 Å². The molecule has 1 aliphatic rings. The number of aliphatic imine (C=N–C) groups is 1. The predicted octanol–water partition coefficient (Wildman–Crippen LogP) is 0.494. The summed E-state index contributed by atoms with van der Waals surface area (Å²) in [6.07, 6.45) is 3.70. The summed E-state index contributed by atoms with van der Waals surface area (Å²) >= 11 is 0. The fourth-order valence-electron chi connectivity index (χ4n) is 0.632. The third kappa shape index (κ3) is 1.45. The summed E-state index contributed by atoms with van der Waals surface area (Å²) in [5, 5.41) is 3.01. The van der Waals surface area contributed by atoms with Gasteiger partial charge in [-0.15, -0.1) is 0 Å². The van der Waals surface area contributed by atoms with Crippen LogP contribution in [0.5, 0.6) is 0 Å². The largest absolute Gasteiger partial charge is 0.468 e. The molecule has 0 saturated heterocycles. The van der Waals surface area contributed by atoms with Crippen molar-refractivity contribution in [3.8, 4) is 0 Å². The molecule has 9 heavy (non-hydrogen) atoms. The van der Waals surface area contributed by atoms with Gasteiger partial charge in [0.1, 0.15) is 0 Å². The van der Waals surface area contributed by atoms with Gasteiger partial charge in [-0.3, -0.25) is 0 Å². The third-order valence-electron chi connectivity index (χ3n) is 1.11. The van der Waals surface area contributed by atoms with Gasteiger partial charge in [0, 0.05) is 12.2 Å². The quantitative estimate of drug-likeness (QED) is 0.512. The molecule has 3 heteroatoms. The Morgan fingerprint density at radius 1 is 1.78 bits per heavy atom. The molecule has 0 radical (unpaired) electrons. The molecule has 0 spiro atoms. The summed E-state index contributed by atoms with van der Waals surface area (Å²) in [6.45, 7) is 2.03. The molecule has 0 saturated carbocycles.